The van der Waals surface area contributed by atoms with Gasteiger partial charge in [0.2, 0.25) is 0 Å². The van der Waals surface area contributed by atoms with E-state index in [1.54, 1.807) is 0 Å². The summed E-state index contributed by atoms with van der Waals surface area (Å²) in [6.07, 6.45) is 6.70. The maximum atomic E-state index is 8.80. The van der Waals surface area contributed by atoms with Crippen LogP contribution in [0.25, 0.3) is 10.4 Å². The molecule has 0 spiro atoms. The Bertz CT molecular complexity index is 414. The molecule has 0 amide bonds. The van der Waals surface area contributed by atoms with E-state index in [9.17, 15) is 0 Å². The van der Waals surface area contributed by atoms with Crippen LogP contribution in [-0.2, 0) is 9.47 Å². The van der Waals surface area contributed by atoms with Crippen LogP contribution in [0.4, 0.5) is 0 Å². The summed E-state index contributed by atoms with van der Waals surface area (Å²) in [5.41, 5.74) is 9.21. The molecule has 0 aromatic heterocycles. The zero-order valence-electron chi connectivity index (χ0n) is 13.2. The van der Waals surface area contributed by atoms with E-state index in [0.29, 0.717) is 17.3 Å². The van der Waals surface area contributed by atoms with Crippen molar-refractivity contribution < 1.29 is 9.47 Å². The maximum absolute atomic E-state index is 8.80. The van der Waals surface area contributed by atoms with Crippen molar-refractivity contribution >= 4 is 0 Å². The van der Waals surface area contributed by atoms with Gasteiger partial charge in [0, 0.05) is 17.6 Å². The normalized spacial score (nSPS) is 41.0. The summed E-state index contributed by atoms with van der Waals surface area (Å²) in [5, 5.41) is 4.07. The summed E-state index contributed by atoms with van der Waals surface area (Å²) in [4.78, 5) is 3.07. The first-order valence-electron chi connectivity index (χ1n) is 8.40. The molecule has 0 N–H and O–H groups in total. The van der Waals surface area contributed by atoms with Crippen molar-refractivity contribution in [2.75, 3.05) is 13.2 Å². The van der Waals surface area contributed by atoms with Crippen molar-refractivity contribution in [1.82, 2.24) is 0 Å². The summed E-state index contributed by atoms with van der Waals surface area (Å²) in [5.74, 6) is 1.89. The van der Waals surface area contributed by atoms with Gasteiger partial charge in [0.1, 0.15) is 0 Å². The van der Waals surface area contributed by atoms with Gasteiger partial charge in [0.25, 0.3) is 0 Å². The predicted octanol–water partition coefficient (Wildman–Crippen LogP) is 4.28. The summed E-state index contributed by atoms with van der Waals surface area (Å²) in [6, 6.07) is 0.169. The highest BCUT2D eigenvalue weighted by molar-refractivity contribution is 5.08. The second kappa shape index (κ2) is 6.15. The van der Waals surface area contributed by atoms with Crippen LogP contribution in [0.15, 0.2) is 5.11 Å². The molecule has 118 valence electrons. The molecule has 5 heteroatoms. The van der Waals surface area contributed by atoms with Gasteiger partial charge in [-0.1, -0.05) is 19.0 Å². The molecule has 4 rings (SSSR count). The molecule has 0 aromatic rings. The predicted molar refractivity (Wildman–Crippen MR) is 80.6 cm³/mol. The van der Waals surface area contributed by atoms with Gasteiger partial charge < -0.3 is 9.47 Å². The van der Waals surface area contributed by atoms with Gasteiger partial charge in [-0.2, -0.15) is 0 Å². The van der Waals surface area contributed by atoms with Crippen LogP contribution in [0.3, 0.4) is 0 Å². The van der Waals surface area contributed by atoms with Crippen molar-refractivity contribution in [1.29, 1.82) is 0 Å². The number of rotatable bonds is 5. The highest BCUT2D eigenvalue weighted by atomic mass is 16.7. The van der Waals surface area contributed by atoms with E-state index in [0.717, 1.165) is 44.8 Å². The van der Waals surface area contributed by atoms with Crippen LogP contribution in [-0.4, -0.2) is 25.5 Å². The molecule has 0 radical (unpaired) electrons. The van der Waals surface area contributed by atoms with Gasteiger partial charge in [-0.05, 0) is 67.2 Å². The Morgan fingerprint density at radius 2 is 2.19 bits per heavy atom. The molecule has 0 aromatic carbocycles. The lowest BCUT2D eigenvalue weighted by molar-refractivity contribution is -0.173. The average Bonchev–Trinajstić information content (AvgIpc) is 2.49. The van der Waals surface area contributed by atoms with Gasteiger partial charge >= 0.3 is 0 Å². The van der Waals surface area contributed by atoms with E-state index < -0.39 is 0 Å². The Morgan fingerprint density at radius 3 is 2.86 bits per heavy atom. The third-order valence-corrected chi connectivity index (χ3v) is 6.18. The maximum Gasteiger partial charge on any atom is 0.157 e. The minimum Gasteiger partial charge on any atom is -0.353 e. The molecule has 5 nitrogen and oxygen atoms in total. The van der Waals surface area contributed by atoms with E-state index in [4.69, 9.17) is 15.0 Å². The lowest BCUT2D eigenvalue weighted by Gasteiger charge is -2.62. The minimum atomic E-state index is -0.0117. The largest absolute Gasteiger partial charge is 0.353 e. The van der Waals surface area contributed by atoms with Crippen LogP contribution < -0.4 is 0 Å². The number of hydrogen-bond acceptors (Lipinski definition) is 3. The lowest BCUT2D eigenvalue weighted by Crippen LogP contribution is -2.57. The third kappa shape index (κ3) is 2.92. The highest BCUT2D eigenvalue weighted by Gasteiger charge is 2.57. The van der Waals surface area contributed by atoms with Crippen LogP contribution in [0, 0.1) is 23.2 Å². The second-order valence-corrected chi connectivity index (χ2v) is 7.49. The lowest BCUT2D eigenvalue weighted by atomic mass is 9.44. The molecule has 21 heavy (non-hydrogen) atoms. The SMILES string of the molecule is CC1(C)[C@H]2C[C@@H](N=[N+]=[N-])[C@@H](CCOC3CCCCO3)[C@@H]1C2. The summed E-state index contributed by atoms with van der Waals surface area (Å²) >= 11 is 0. The van der Waals surface area contributed by atoms with Crippen molar-refractivity contribution in [3.05, 3.63) is 10.4 Å². The molecule has 4 aliphatic rings. The van der Waals surface area contributed by atoms with Gasteiger partial charge in [-0.15, -0.1) is 0 Å². The van der Waals surface area contributed by atoms with Crippen LogP contribution in [0.2, 0.25) is 0 Å². The smallest absolute Gasteiger partial charge is 0.157 e. The van der Waals surface area contributed by atoms with Gasteiger partial charge in [-0.3, -0.25) is 0 Å². The van der Waals surface area contributed by atoms with E-state index in [2.05, 4.69) is 23.9 Å². The second-order valence-electron chi connectivity index (χ2n) is 7.49. The van der Waals surface area contributed by atoms with Gasteiger partial charge in [-0.25, -0.2) is 0 Å². The number of ether oxygens (including phenoxy) is 2. The molecule has 1 saturated heterocycles. The molecular weight excluding hydrogens is 266 g/mol. The Kier molecular flexibility index (Phi) is 4.43. The van der Waals surface area contributed by atoms with E-state index >= 15 is 0 Å². The van der Waals surface area contributed by atoms with Gasteiger partial charge in [0.05, 0.1) is 6.61 Å². The standard InChI is InChI=1S/C16H27N3O2/c1-16(2)11-9-13(16)12(14(10-11)18-19-17)6-8-21-15-5-3-4-7-20-15/h11-15H,3-10H2,1-2H3/t11-,12+,13+,14-,15?/m1/s1. The Balaban J connectivity index is 1.54. The van der Waals surface area contributed by atoms with Crippen molar-refractivity contribution in [2.45, 2.75) is 64.7 Å². The fraction of sp³-hybridized carbons (Fsp3) is 1.00. The van der Waals surface area contributed by atoms with Crippen molar-refractivity contribution in [2.24, 2.45) is 28.3 Å². The van der Waals surface area contributed by atoms with Crippen molar-refractivity contribution in [3.8, 4) is 0 Å². The Morgan fingerprint density at radius 1 is 1.33 bits per heavy atom. The quantitative estimate of drug-likeness (QED) is 0.431. The van der Waals surface area contributed by atoms with Gasteiger partial charge in [0.15, 0.2) is 6.29 Å². The van der Waals surface area contributed by atoms with Crippen LogP contribution >= 0.6 is 0 Å². The zero-order valence-corrected chi connectivity index (χ0v) is 13.2. The van der Waals surface area contributed by atoms with E-state index in [-0.39, 0.29) is 12.3 Å². The number of azide groups is 1. The highest BCUT2D eigenvalue weighted by Crippen LogP contribution is 2.62. The fourth-order valence-electron chi connectivity index (χ4n) is 4.69. The molecule has 1 aliphatic heterocycles. The Labute approximate surface area is 127 Å². The van der Waals surface area contributed by atoms with E-state index in [1.165, 1.54) is 12.8 Å². The Hall–Kier alpha value is -0.770. The zero-order chi connectivity index (χ0) is 14.9. The molecule has 1 heterocycles. The summed E-state index contributed by atoms with van der Waals surface area (Å²) < 4.78 is 11.5. The average molecular weight is 293 g/mol. The van der Waals surface area contributed by atoms with E-state index in [1.807, 2.05) is 0 Å². The number of nitrogens with zero attached hydrogens (tertiary/aromatic N) is 3. The topological polar surface area (TPSA) is 67.2 Å². The third-order valence-electron chi connectivity index (χ3n) is 6.18. The van der Waals surface area contributed by atoms with Crippen molar-refractivity contribution in [3.63, 3.8) is 0 Å². The molecule has 3 aliphatic carbocycles. The molecule has 3 saturated carbocycles. The number of fused-ring (bicyclic) bond motifs is 2. The molecule has 2 bridgehead atoms. The summed E-state index contributed by atoms with van der Waals surface area (Å²) in [7, 11) is 0. The van der Waals surface area contributed by atoms with Crippen LogP contribution in [0.1, 0.15) is 52.4 Å². The first kappa shape index (κ1) is 15.1. The molecule has 4 fully saturated rings. The fourth-order valence-corrected chi connectivity index (χ4v) is 4.69. The molecular formula is C16H27N3O2. The molecule has 5 atom stereocenters. The summed E-state index contributed by atoms with van der Waals surface area (Å²) in [6.45, 7) is 6.29. The van der Waals surface area contributed by atoms with Crippen LogP contribution in [0.5, 0.6) is 0 Å². The first-order chi connectivity index (χ1) is 10.1. The first-order valence-corrected chi connectivity index (χ1v) is 8.40. The monoisotopic (exact) mass is 293 g/mol. The molecule has 1 unspecified atom stereocenters. The number of hydrogen-bond donors (Lipinski definition) is 0. The minimum absolute atomic E-state index is 0.0117.